The van der Waals surface area contributed by atoms with Crippen molar-refractivity contribution in [2.45, 2.75) is 46.5 Å². The smallest absolute Gasteiger partial charge is 0.0459 e. The Hall–Kier alpha value is -0.300. The summed E-state index contributed by atoms with van der Waals surface area (Å²) in [6.45, 7) is 7.16. The Balaban J connectivity index is 2.32. The van der Waals surface area contributed by atoms with Gasteiger partial charge in [-0.3, -0.25) is 0 Å². The summed E-state index contributed by atoms with van der Waals surface area (Å²) in [5, 5.41) is 9.11. The highest BCUT2D eigenvalue weighted by Crippen LogP contribution is 2.40. The lowest BCUT2D eigenvalue weighted by molar-refractivity contribution is 0.191. The quantitative estimate of drug-likeness (QED) is 0.668. The normalized spacial score (nSPS) is 26.7. The molecular formula is C13H24O. The molecule has 82 valence electrons. The van der Waals surface area contributed by atoms with Crippen LogP contribution in [-0.2, 0) is 0 Å². The van der Waals surface area contributed by atoms with E-state index in [1.807, 2.05) is 0 Å². The number of hydrogen-bond acceptors (Lipinski definition) is 1. The lowest BCUT2D eigenvalue weighted by atomic mass is 9.78. The Morgan fingerprint density at radius 3 is 2.64 bits per heavy atom. The van der Waals surface area contributed by atoms with E-state index in [9.17, 15) is 0 Å². The molecule has 0 heterocycles. The summed E-state index contributed by atoms with van der Waals surface area (Å²) in [5.41, 5.74) is 0.383. The van der Waals surface area contributed by atoms with Gasteiger partial charge in [0.05, 0.1) is 0 Å². The van der Waals surface area contributed by atoms with Crippen LogP contribution in [0.2, 0.25) is 0 Å². The molecule has 0 fully saturated rings. The number of aliphatic hydroxyl groups excluding tert-OH is 1. The van der Waals surface area contributed by atoms with Crippen molar-refractivity contribution in [3.05, 3.63) is 12.2 Å². The van der Waals surface area contributed by atoms with Crippen molar-refractivity contribution in [3.8, 4) is 0 Å². The average Bonchev–Trinajstić information content (AvgIpc) is 2.47. The molecule has 0 saturated heterocycles. The third-order valence-corrected chi connectivity index (χ3v) is 3.78. The van der Waals surface area contributed by atoms with Crippen molar-refractivity contribution in [1.29, 1.82) is 0 Å². The van der Waals surface area contributed by atoms with Crippen LogP contribution < -0.4 is 0 Å². The van der Waals surface area contributed by atoms with Gasteiger partial charge in [-0.1, -0.05) is 39.3 Å². The predicted octanol–water partition coefficient (Wildman–Crippen LogP) is 3.39. The molecule has 0 aromatic carbocycles. The highest BCUT2D eigenvalue weighted by Gasteiger charge is 2.29. The molecule has 14 heavy (non-hydrogen) atoms. The molecule has 0 spiro atoms. The zero-order chi connectivity index (χ0) is 10.6. The molecule has 0 aromatic rings. The maximum atomic E-state index is 9.11. The van der Waals surface area contributed by atoms with Crippen molar-refractivity contribution in [2.75, 3.05) is 6.61 Å². The number of aliphatic hydroxyl groups is 1. The van der Waals surface area contributed by atoms with Gasteiger partial charge in [0, 0.05) is 6.61 Å². The topological polar surface area (TPSA) is 20.2 Å². The number of rotatable bonds is 5. The van der Waals surface area contributed by atoms with Gasteiger partial charge < -0.3 is 5.11 Å². The first-order valence-corrected chi connectivity index (χ1v) is 5.88. The van der Waals surface area contributed by atoms with Crippen LogP contribution in [0.1, 0.15) is 46.5 Å². The summed E-state index contributed by atoms with van der Waals surface area (Å²) < 4.78 is 0. The molecule has 1 aliphatic carbocycles. The van der Waals surface area contributed by atoms with Gasteiger partial charge in [-0.2, -0.15) is 0 Å². The molecule has 1 N–H and O–H groups in total. The fourth-order valence-corrected chi connectivity index (χ4v) is 2.33. The van der Waals surface area contributed by atoms with Crippen molar-refractivity contribution in [1.82, 2.24) is 0 Å². The Bertz CT molecular complexity index is 189. The molecule has 1 aliphatic rings. The minimum absolute atomic E-state index is 0.358. The third kappa shape index (κ3) is 2.84. The van der Waals surface area contributed by atoms with Gasteiger partial charge in [-0.05, 0) is 36.5 Å². The molecule has 2 atom stereocenters. The third-order valence-electron chi connectivity index (χ3n) is 3.78. The van der Waals surface area contributed by atoms with Crippen LogP contribution in [0.3, 0.4) is 0 Å². The van der Waals surface area contributed by atoms with Crippen molar-refractivity contribution in [2.24, 2.45) is 17.3 Å². The van der Waals surface area contributed by atoms with E-state index in [1.54, 1.807) is 0 Å². The molecule has 1 heteroatoms. The van der Waals surface area contributed by atoms with Crippen molar-refractivity contribution >= 4 is 0 Å². The molecule has 0 aliphatic heterocycles. The van der Waals surface area contributed by atoms with Crippen LogP contribution in [-0.4, -0.2) is 11.7 Å². The largest absolute Gasteiger partial charge is 0.396 e. The maximum absolute atomic E-state index is 9.11. The van der Waals surface area contributed by atoms with E-state index in [0.29, 0.717) is 17.9 Å². The first kappa shape index (κ1) is 11.8. The Morgan fingerprint density at radius 2 is 2.21 bits per heavy atom. The molecule has 0 amide bonds. The highest BCUT2D eigenvalue weighted by atomic mass is 16.3. The number of hydrogen-bond donors (Lipinski definition) is 1. The molecule has 0 saturated carbocycles. The van der Waals surface area contributed by atoms with Crippen LogP contribution in [0, 0.1) is 17.3 Å². The van der Waals surface area contributed by atoms with Crippen molar-refractivity contribution in [3.63, 3.8) is 0 Å². The summed E-state index contributed by atoms with van der Waals surface area (Å²) in [6, 6.07) is 0. The van der Waals surface area contributed by atoms with E-state index in [1.165, 1.54) is 19.3 Å². The standard InChI is InChI=1S/C13H24O/c1-4-11(10-14)7-8-12-6-5-9-13(12,2)3/h5,9,11-12,14H,4,6-8,10H2,1-3H3. The second-order valence-electron chi connectivity index (χ2n) is 5.19. The van der Waals surface area contributed by atoms with E-state index in [2.05, 4.69) is 32.9 Å². The minimum atomic E-state index is 0.358. The SMILES string of the molecule is CCC(CO)CCC1CC=CC1(C)C. The van der Waals surface area contributed by atoms with Gasteiger partial charge in [-0.25, -0.2) is 0 Å². The first-order chi connectivity index (χ1) is 6.60. The van der Waals surface area contributed by atoms with Crippen LogP contribution >= 0.6 is 0 Å². The summed E-state index contributed by atoms with van der Waals surface area (Å²) in [4.78, 5) is 0. The van der Waals surface area contributed by atoms with E-state index < -0.39 is 0 Å². The van der Waals surface area contributed by atoms with E-state index in [0.717, 1.165) is 12.3 Å². The molecule has 0 aromatic heterocycles. The molecule has 0 radical (unpaired) electrons. The van der Waals surface area contributed by atoms with Gasteiger partial charge >= 0.3 is 0 Å². The molecule has 2 unspecified atom stereocenters. The average molecular weight is 196 g/mol. The van der Waals surface area contributed by atoms with E-state index in [-0.39, 0.29) is 0 Å². The Morgan fingerprint density at radius 1 is 1.50 bits per heavy atom. The predicted molar refractivity (Wildman–Crippen MR) is 61.1 cm³/mol. The summed E-state index contributed by atoms with van der Waals surface area (Å²) >= 11 is 0. The zero-order valence-corrected chi connectivity index (χ0v) is 9.79. The fourth-order valence-electron chi connectivity index (χ4n) is 2.33. The molecular weight excluding hydrogens is 172 g/mol. The van der Waals surface area contributed by atoms with Crippen molar-refractivity contribution < 1.29 is 5.11 Å². The van der Waals surface area contributed by atoms with Crippen LogP contribution in [0.25, 0.3) is 0 Å². The second kappa shape index (κ2) is 4.97. The molecule has 1 rings (SSSR count). The lowest BCUT2D eigenvalue weighted by Gasteiger charge is -2.27. The van der Waals surface area contributed by atoms with Crippen LogP contribution in [0.15, 0.2) is 12.2 Å². The van der Waals surface area contributed by atoms with Gasteiger partial charge in [0.1, 0.15) is 0 Å². The monoisotopic (exact) mass is 196 g/mol. The van der Waals surface area contributed by atoms with Crippen LogP contribution in [0.4, 0.5) is 0 Å². The van der Waals surface area contributed by atoms with Gasteiger partial charge in [0.15, 0.2) is 0 Å². The number of allylic oxidation sites excluding steroid dienone is 2. The van der Waals surface area contributed by atoms with E-state index in [4.69, 9.17) is 5.11 Å². The Labute approximate surface area is 88.2 Å². The second-order valence-corrected chi connectivity index (χ2v) is 5.19. The molecule has 0 bridgehead atoms. The summed E-state index contributed by atoms with van der Waals surface area (Å²) in [7, 11) is 0. The zero-order valence-electron chi connectivity index (χ0n) is 9.79. The molecule has 1 nitrogen and oxygen atoms in total. The lowest BCUT2D eigenvalue weighted by Crippen LogP contribution is -2.18. The minimum Gasteiger partial charge on any atom is -0.396 e. The maximum Gasteiger partial charge on any atom is 0.0459 e. The van der Waals surface area contributed by atoms with Crippen LogP contribution in [0.5, 0.6) is 0 Å². The summed E-state index contributed by atoms with van der Waals surface area (Å²) in [6.07, 6.45) is 9.44. The van der Waals surface area contributed by atoms with Gasteiger partial charge in [0.25, 0.3) is 0 Å². The highest BCUT2D eigenvalue weighted by molar-refractivity contribution is 5.06. The first-order valence-electron chi connectivity index (χ1n) is 5.88. The summed E-state index contributed by atoms with van der Waals surface area (Å²) in [5.74, 6) is 1.31. The van der Waals surface area contributed by atoms with Gasteiger partial charge in [-0.15, -0.1) is 0 Å². The van der Waals surface area contributed by atoms with Gasteiger partial charge in [0.2, 0.25) is 0 Å². The Kier molecular flexibility index (Phi) is 4.18. The fraction of sp³-hybridized carbons (Fsp3) is 0.846. The van der Waals surface area contributed by atoms with E-state index >= 15 is 0 Å².